The summed E-state index contributed by atoms with van der Waals surface area (Å²) in [4.78, 5) is 0. The van der Waals surface area contributed by atoms with E-state index >= 15 is 0 Å². The first-order valence-electron chi connectivity index (χ1n) is 5.05. The summed E-state index contributed by atoms with van der Waals surface area (Å²) in [5.74, 6) is 0. The zero-order valence-corrected chi connectivity index (χ0v) is 9.85. The molecule has 4 heteroatoms. The quantitative estimate of drug-likeness (QED) is 0.358. The SMILES string of the molecule is CCCCC=CCCCOS(C)(=O)=O. The van der Waals surface area contributed by atoms with Gasteiger partial charge in [0.2, 0.25) is 0 Å². The van der Waals surface area contributed by atoms with Crippen LogP contribution in [-0.4, -0.2) is 21.3 Å². The van der Waals surface area contributed by atoms with Gasteiger partial charge in [0.05, 0.1) is 12.9 Å². The van der Waals surface area contributed by atoms with Crippen LogP contribution in [0.2, 0.25) is 0 Å². The topological polar surface area (TPSA) is 43.4 Å². The van der Waals surface area contributed by atoms with E-state index < -0.39 is 10.1 Å². The van der Waals surface area contributed by atoms with Crippen molar-refractivity contribution in [2.45, 2.75) is 39.0 Å². The van der Waals surface area contributed by atoms with Crippen molar-refractivity contribution >= 4 is 10.1 Å². The van der Waals surface area contributed by atoms with Crippen LogP contribution in [0.3, 0.4) is 0 Å². The van der Waals surface area contributed by atoms with Crippen molar-refractivity contribution in [2.24, 2.45) is 0 Å². The molecule has 0 aliphatic heterocycles. The van der Waals surface area contributed by atoms with Crippen LogP contribution in [0.15, 0.2) is 12.2 Å². The minimum Gasteiger partial charge on any atom is -0.270 e. The molecule has 0 amide bonds. The van der Waals surface area contributed by atoms with Crippen LogP contribution in [0.4, 0.5) is 0 Å². The number of hydrogen-bond donors (Lipinski definition) is 0. The highest BCUT2D eigenvalue weighted by Crippen LogP contribution is 1.99. The van der Waals surface area contributed by atoms with Crippen LogP contribution in [0.5, 0.6) is 0 Å². The summed E-state index contributed by atoms with van der Waals surface area (Å²) in [5.41, 5.74) is 0. The summed E-state index contributed by atoms with van der Waals surface area (Å²) < 4.78 is 25.7. The fourth-order valence-electron chi connectivity index (χ4n) is 0.969. The normalized spacial score (nSPS) is 12.4. The van der Waals surface area contributed by atoms with Gasteiger partial charge in [-0.25, -0.2) is 0 Å². The van der Waals surface area contributed by atoms with E-state index in [1.807, 2.05) is 0 Å². The van der Waals surface area contributed by atoms with Crippen molar-refractivity contribution in [1.82, 2.24) is 0 Å². The molecule has 0 fully saturated rings. The van der Waals surface area contributed by atoms with E-state index in [-0.39, 0.29) is 6.61 Å². The van der Waals surface area contributed by atoms with Gasteiger partial charge in [0, 0.05) is 0 Å². The first-order chi connectivity index (χ1) is 6.56. The molecule has 0 atom stereocenters. The van der Waals surface area contributed by atoms with Crippen LogP contribution in [0, 0.1) is 0 Å². The zero-order chi connectivity index (χ0) is 10.9. The van der Waals surface area contributed by atoms with Gasteiger partial charge in [-0.1, -0.05) is 31.9 Å². The minimum absolute atomic E-state index is 0.289. The van der Waals surface area contributed by atoms with Crippen LogP contribution < -0.4 is 0 Å². The molecule has 3 nitrogen and oxygen atoms in total. The van der Waals surface area contributed by atoms with Crippen molar-refractivity contribution in [3.05, 3.63) is 12.2 Å². The predicted octanol–water partition coefficient (Wildman–Crippen LogP) is 2.49. The highest BCUT2D eigenvalue weighted by molar-refractivity contribution is 7.85. The number of hydrogen-bond acceptors (Lipinski definition) is 3. The zero-order valence-electron chi connectivity index (χ0n) is 9.03. The number of unbranched alkanes of at least 4 members (excludes halogenated alkanes) is 3. The van der Waals surface area contributed by atoms with Crippen molar-refractivity contribution in [3.8, 4) is 0 Å². The van der Waals surface area contributed by atoms with Gasteiger partial charge >= 0.3 is 0 Å². The van der Waals surface area contributed by atoms with Gasteiger partial charge in [-0.3, -0.25) is 4.18 Å². The van der Waals surface area contributed by atoms with E-state index in [0.29, 0.717) is 0 Å². The Hall–Kier alpha value is -0.350. The van der Waals surface area contributed by atoms with Gasteiger partial charge in [0.15, 0.2) is 0 Å². The maximum absolute atomic E-state index is 10.6. The minimum atomic E-state index is -3.25. The molecule has 0 unspecified atom stereocenters. The molecule has 0 saturated carbocycles. The Labute approximate surface area is 87.3 Å². The third-order valence-corrected chi connectivity index (χ3v) is 2.30. The average molecular weight is 220 g/mol. The Bertz CT molecular complexity index is 242. The molecule has 0 aliphatic rings. The molecular weight excluding hydrogens is 200 g/mol. The number of rotatable bonds is 8. The summed E-state index contributed by atoms with van der Waals surface area (Å²) in [7, 11) is -3.25. The second-order valence-electron chi connectivity index (χ2n) is 3.28. The third kappa shape index (κ3) is 11.6. The van der Waals surface area contributed by atoms with E-state index in [1.165, 1.54) is 12.8 Å². The average Bonchev–Trinajstić information content (AvgIpc) is 2.08. The first-order valence-corrected chi connectivity index (χ1v) is 6.87. The largest absolute Gasteiger partial charge is 0.270 e. The van der Waals surface area contributed by atoms with Crippen molar-refractivity contribution in [3.63, 3.8) is 0 Å². The van der Waals surface area contributed by atoms with Gasteiger partial charge in [0.1, 0.15) is 0 Å². The third-order valence-electron chi connectivity index (χ3n) is 1.70. The molecule has 0 aliphatic carbocycles. The van der Waals surface area contributed by atoms with Gasteiger partial charge in [0.25, 0.3) is 10.1 Å². The lowest BCUT2D eigenvalue weighted by atomic mass is 10.2. The van der Waals surface area contributed by atoms with Gasteiger partial charge < -0.3 is 0 Å². The van der Waals surface area contributed by atoms with E-state index in [0.717, 1.165) is 25.5 Å². The molecule has 0 N–H and O–H groups in total. The van der Waals surface area contributed by atoms with Gasteiger partial charge in [-0.05, 0) is 19.3 Å². The Morgan fingerprint density at radius 2 is 1.71 bits per heavy atom. The lowest BCUT2D eigenvalue weighted by Crippen LogP contribution is -2.03. The van der Waals surface area contributed by atoms with Gasteiger partial charge in [-0.2, -0.15) is 8.42 Å². The smallest absolute Gasteiger partial charge is 0.264 e. The fraction of sp³-hybridized carbons (Fsp3) is 0.800. The second-order valence-corrected chi connectivity index (χ2v) is 4.93. The highest BCUT2D eigenvalue weighted by Gasteiger charge is 1.98. The Morgan fingerprint density at radius 3 is 2.21 bits per heavy atom. The lowest BCUT2D eigenvalue weighted by molar-refractivity contribution is 0.317. The molecule has 0 bridgehead atoms. The first kappa shape index (κ1) is 13.7. The molecule has 0 rings (SSSR count). The summed E-state index contributed by atoms with van der Waals surface area (Å²) in [6.45, 7) is 2.45. The van der Waals surface area contributed by atoms with Gasteiger partial charge in [-0.15, -0.1) is 0 Å². The van der Waals surface area contributed by atoms with Crippen molar-refractivity contribution in [2.75, 3.05) is 12.9 Å². The number of allylic oxidation sites excluding steroid dienone is 2. The molecule has 0 saturated heterocycles. The van der Waals surface area contributed by atoms with Crippen LogP contribution in [-0.2, 0) is 14.3 Å². The molecular formula is C10H20O3S. The molecule has 0 radical (unpaired) electrons. The van der Waals surface area contributed by atoms with E-state index in [1.54, 1.807) is 0 Å². The molecule has 14 heavy (non-hydrogen) atoms. The van der Waals surface area contributed by atoms with Crippen molar-refractivity contribution < 1.29 is 12.6 Å². The van der Waals surface area contributed by atoms with E-state index in [4.69, 9.17) is 0 Å². The second kappa shape index (κ2) is 8.00. The standard InChI is InChI=1S/C10H20O3S/c1-3-4-5-6-7-8-9-10-13-14(2,11)12/h6-7H,3-5,8-10H2,1-2H3. The monoisotopic (exact) mass is 220 g/mol. The maximum atomic E-state index is 10.6. The summed E-state index contributed by atoms with van der Waals surface area (Å²) in [6.07, 6.45) is 10.5. The fourth-order valence-corrected chi connectivity index (χ4v) is 1.39. The molecule has 84 valence electrons. The molecule has 0 spiro atoms. The summed E-state index contributed by atoms with van der Waals surface area (Å²) in [6, 6.07) is 0. The Balaban J connectivity index is 3.25. The summed E-state index contributed by atoms with van der Waals surface area (Å²) in [5, 5.41) is 0. The Kier molecular flexibility index (Phi) is 7.80. The molecule has 0 aromatic rings. The van der Waals surface area contributed by atoms with Crippen molar-refractivity contribution in [1.29, 1.82) is 0 Å². The van der Waals surface area contributed by atoms with Crippen LogP contribution in [0.25, 0.3) is 0 Å². The van der Waals surface area contributed by atoms with E-state index in [9.17, 15) is 8.42 Å². The molecule has 0 heterocycles. The van der Waals surface area contributed by atoms with E-state index in [2.05, 4.69) is 23.3 Å². The maximum Gasteiger partial charge on any atom is 0.264 e. The van der Waals surface area contributed by atoms with Crippen LogP contribution in [0.1, 0.15) is 39.0 Å². The lowest BCUT2D eigenvalue weighted by Gasteiger charge is -1.97. The Morgan fingerprint density at radius 1 is 1.14 bits per heavy atom. The van der Waals surface area contributed by atoms with Crippen LogP contribution >= 0.6 is 0 Å². The predicted molar refractivity (Wildman–Crippen MR) is 58.7 cm³/mol. The molecule has 0 aromatic heterocycles. The highest BCUT2D eigenvalue weighted by atomic mass is 32.2. The summed E-state index contributed by atoms with van der Waals surface area (Å²) >= 11 is 0. The molecule has 0 aromatic carbocycles.